The summed E-state index contributed by atoms with van der Waals surface area (Å²) in [5, 5.41) is 2.93. The number of carbonyl (C=O) groups excluding carboxylic acids is 2. The Bertz CT molecular complexity index is 835. The first-order chi connectivity index (χ1) is 10.9. The molecule has 0 amide bonds. The van der Waals surface area contributed by atoms with Gasteiger partial charge in [0, 0.05) is 26.3 Å². The van der Waals surface area contributed by atoms with Crippen molar-refractivity contribution in [3.8, 4) is 0 Å². The number of benzene rings is 1. The Morgan fingerprint density at radius 2 is 1.71 bits per heavy atom. The molecule has 1 aromatic carbocycles. The van der Waals surface area contributed by atoms with Crippen LogP contribution in [0.2, 0.25) is 5.02 Å². The number of rotatable bonds is 3. The molecule has 24 heavy (non-hydrogen) atoms. The molecule has 130 valence electrons. The van der Waals surface area contributed by atoms with E-state index in [1.165, 1.54) is 26.0 Å². The van der Waals surface area contributed by atoms with Crippen LogP contribution in [0.15, 0.2) is 28.8 Å². The molecule has 9 heteroatoms. The number of anilines is 1. The fraction of sp³-hybridized carbons (Fsp3) is 0.333. The average Bonchev–Trinajstić information content (AvgIpc) is 2.39. The molecule has 1 fully saturated rings. The van der Waals surface area contributed by atoms with E-state index >= 15 is 0 Å². The Kier molecular flexibility index (Phi) is 4.65. The van der Waals surface area contributed by atoms with Crippen molar-refractivity contribution < 1.29 is 27.5 Å². The van der Waals surface area contributed by atoms with Gasteiger partial charge in [-0.2, -0.15) is 0 Å². The van der Waals surface area contributed by atoms with E-state index in [0.717, 1.165) is 12.5 Å². The number of halogens is 1. The number of carbonyl (C=O) groups is 2. The van der Waals surface area contributed by atoms with Gasteiger partial charge in [0.15, 0.2) is 15.4 Å². The van der Waals surface area contributed by atoms with Crippen molar-refractivity contribution >= 4 is 39.1 Å². The highest BCUT2D eigenvalue weighted by Gasteiger charge is 2.39. The third-order valence-electron chi connectivity index (χ3n) is 3.15. The van der Waals surface area contributed by atoms with Crippen LogP contribution >= 0.6 is 11.6 Å². The number of hydrogen-bond acceptors (Lipinski definition) is 7. The van der Waals surface area contributed by atoms with Crippen LogP contribution in [0, 0.1) is 6.92 Å². The fourth-order valence-electron chi connectivity index (χ4n) is 1.98. The lowest BCUT2D eigenvalue weighted by molar-refractivity contribution is -0.222. The molecule has 0 atom stereocenters. The molecular weight excluding hydrogens is 358 g/mol. The molecule has 2 rings (SSSR count). The van der Waals surface area contributed by atoms with Crippen molar-refractivity contribution in [3.05, 3.63) is 34.5 Å². The van der Waals surface area contributed by atoms with Gasteiger partial charge in [0.05, 0.1) is 15.6 Å². The number of hydrogen-bond donors (Lipinski definition) is 1. The van der Waals surface area contributed by atoms with E-state index in [1.54, 1.807) is 6.92 Å². The van der Waals surface area contributed by atoms with E-state index in [0.29, 0.717) is 5.56 Å². The van der Waals surface area contributed by atoms with Crippen LogP contribution in [0.3, 0.4) is 0 Å². The van der Waals surface area contributed by atoms with Gasteiger partial charge in [-0.05, 0) is 24.6 Å². The zero-order valence-electron chi connectivity index (χ0n) is 13.5. The van der Waals surface area contributed by atoms with Crippen LogP contribution in [0.1, 0.15) is 19.4 Å². The minimum absolute atomic E-state index is 0.0558. The monoisotopic (exact) mass is 373 g/mol. The van der Waals surface area contributed by atoms with Gasteiger partial charge in [-0.15, -0.1) is 0 Å². The lowest BCUT2D eigenvalue weighted by atomic mass is 10.2. The van der Waals surface area contributed by atoms with Crippen LogP contribution in [0.5, 0.6) is 0 Å². The maximum atomic E-state index is 11.9. The number of cyclic esters (lactones) is 2. The second-order valence-electron chi connectivity index (χ2n) is 5.76. The van der Waals surface area contributed by atoms with Crippen molar-refractivity contribution in [1.82, 2.24) is 0 Å². The summed E-state index contributed by atoms with van der Waals surface area (Å²) in [6.07, 6.45) is 2.14. The molecule has 0 spiro atoms. The minimum Gasteiger partial charge on any atom is -0.419 e. The molecule has 1 aromatic rings. The van der Waals surface area contributed by atoms with E-state index in [-0.39, 0.29) is 21.2 Å². The molecule has 0 bridgehead atoms. The fourth-order valence-corrected chi connectivity index (χ4v) is 2.87. The predicted octanol–water partition coefficient (Wildman–Crippen LogP) is 2.18. The Labute approximate surface area is 144 Å². The van der Waals surface area contributed by atoms with Gasteiger partial charge in [-0.25, -0.2) is 18.0 Å². The molecular formula is C15H16ClNO6S. The van der Waals surface area contributed by atoms with Gasteiger partial charge in [0.2, 0.25) is 0 Å². The standard InChI is InChI=1S/C15H16ClNO6S/c1-8-5-9(24(4,20)21)6-11(12(8)16)17-7-10-13(18)22-15(2,3)23-14(10)19/h5-7,17H,1-4H3. The van der Waals surface area contributed by atoms with Crippen LogP contribution in [0.25, 0.3) is 0 Å². The zero-order chi connectivity index (χ0) is 18.3. The molecule has 7 nitrogen and oxygen atoms in total. The van der Waals surface area contributed by atoms with E-state index < -0.39 is 27.6 Å². The Morgan fingerprint density at radius 3 is 2.21 bits per heavy atom. The molecule has 1 saturated heterocycles. The predicted molar refractivity (Wildman–Crippen MR) is 87.3 cm³/mol. The number of ether oxygens (including phenoxy) is 2. The summed E-state index contributed by atoms with van der Waals surface area (Å²) in [6.45, 7) is 4.51. The highest BCUT2D eigenvalue weighted by atomic mass is 35.5. The smallest absolute Gasteiger partial charge is 0.350 e. The molecule has 1 heterocycles. The molecule has 1 aliphatic heterocycles. The lowest BCUT2D eigenvalue weighted by Gasteiger charge is -2.29. The number of esters is 2. The Hall–Kier alpha value is -2.06. The molecule has 0 unspecified atom stereocenters. The zero-order valence-corrected chi connectivity index (χ0v) is 15.0. The van der Waals surface area contributed by atoms with E-state index in [9.17, 15) is 18.0 Å². The van der Waals surface area contributed by atoms with Crippen molar-refractivity contribution in [2.24, 2.45) is 0 Å². The van der Waals surface area contributed by atoms with Gasteiger partial charge in [-0.3, -0.25) is 0 Å². The quantitative estimate of drug-likeness (QED) is 0.492. The molecule has 0 aromatic heterocycles. The Balaban J connectivity index is 2.37. The summed E-state index contributed by atoms with van der Waals surface area (Å²) in [4.78, 5) is 23.8. The summed E-state index contributed by atoms with van der Waals surface area (Å²) in [5.74, 6) is -3.04. The van der Waals surface area contributed by atoms with E-state index in [2.05, 4.69) is 5.32 Å². The topological polar surface area (TPSA) is 98.8 Å². The first kappa shape index (κ1) is 18.3. The second kappa shape index (κ2) is 6.10. The minimum atomic E-state index is -3.45. The highest BCUT2D eigenvalue weighted by Crippen LogP contribution is 2.30. The Morgan fingerprint density at radius 1 is 1.17 bits per heavy atom. The van der Waals surface area contributed by atoms with Crippen LogP contribution in [0.4, 0.5) is 5.69 Å². The normalized spacial score (nSPS) is 17.1. The number of sulfone groups is 1. The average molecular weight is 374 g/mol. The molecule has 0 aliphatic carbocycles. The number of aryl methyl sites for hydroxylation is 1. The summed E-state index contributed by atoms with van der Waals surface area (Å²) in [5.41, 5.74) is 0.401. The summed E-state index contributed by atoms with van der Waals surface area (Å²) < 4.78 is 33.3. The van der Waals surface area contributed by atoms with E-state index in [4.69, 9.17) is 21.1 Å². The van der Waals surface area contributed by atoms with Crippen molar-refractivity contribution in [2.45, 2.75) is 31.5 Å². The second-order valence-corrected chi connectivity index (χ2v) is 8.15. The summed E-state index contributed by atoms with van der Waals surface area (Å²) in [7, 11) is -3.45. The SMILES string of the molecule is Cc1cc(S(C)(=O)=O)cc(NC=C2C(=O)OC(C)(C)OC2=O)c1Cl. The van der Waals surface area contributed by atoms with Gasteiger partial charge >= 0.3 is 11.9 Å². The highest BCUT2D eigenvalue weighted by molar-refractivity contribution is 7.90. The van der Waals surface area contributed by atoms with Crippen molar-refractivity contribution in [3.63, 3.8) is 0 Å². The molecule has 1 aliphatic rings. The van der Waals surface area contributed by atoms with Crippen LogP contribution in [-0.2, 0) is 28.9 Å². The van der Waals surface area contributed by atoms with Gasteiger partial charge < -0.3 is 14.8 Å². The van der Waals surface area contributed by atoms with Crippen LogP contribution in [-0.4, -0.2) is 32.4 Å². The van der Waals surface area contributed by atoms with Crippen molar-refractivity contribution in [1.29, 1.82) is 0 Å². The van der Waals surface area contributed by atoms with Crippen LogP contribution < -0.4 is 5.32 Å². The third-order valence-corrected chi connectivity index (χ3v) is 4.74. The first-order valence-corrected chi connectivity index (χ1v) is 9.11. The van der Waals surface area contributed by atoms with Gasteiger partial charge in [0.1, 0.15) is 0 Å². The summed E-state index contributed by atoms with van der Waals surface area (Å²) >= 11 is 6.13. The largest absolute Gasteiger partial charge is 0.419 e. The van der Waals surface area contributed by atoms with Crippen molar-refractivity contribution in [2.75, 3.05) is 11.6 Å². The maximum absolute atomic E-state index is 11.9. The van der Waals surface area contributed by atoms with Gasteiger partial charge in [-0.1, -0.05) is 11.6 Å². The maximum Gasteiger partial charge on any atom is 0.350 e. The molecule has 0 radical (unpaired) electrons. The van der Waals surface area contributed by atoms with E-state index in [1.807, 2.05) is 0 Å². The number of nitrogens with one attached hydrogen (secondary N) is 1. The molecule has 0 saturated carbocycles. The third kappa shape index (κ3) is 3.88. The summed E-state index contributed by atoms with van der Waals surface area (Å²) in [6, 6.07) is 2.74. The molecule has 1 N–H and O–H groups in total. The first-order valence-electron chi connectivity index (χ1n) is 6.84. The lowest BCUT2D eigenvalue weighted by Crippen LogP contribution is -2.42. The van der Waals surface area contributed by atoms with Gasteiger partial charge in [0.25, 0.3) is 5.79 Å².